The van der Waals surface area contributed by atoms with Gasteiger partial charge in [0.15, 0.2) is 0 Å². The average Bonchev–Trinajstić information content (AvgIpc) is 2.95. The highest BCUT2D eigenvalue weighted by molar-refractivity contribution is 6.01. The van der Waals surface area contributed by atoms with E-state index >= 15 is 0 Å². The van der Waals surface area contributed by atoms with Crippen molar-refractivity contribution in [2.24, 2.45) is 5.41 Å². The minimum atomic E-state index is -4.40. The molecular weight excluding hydrogens is 551 g/mol. The van der Waals surface area contributed by atoms with Crippen LogP contribution in [0.3, 0.4) is 0 Å². The average molecular weight is 586 g/mol. The Bertz CT molecular complexity index is 1460. The number of pyridine rings is 1. The van der Waals surface area contributed by atoms with Gasteiger partial charge < -0.3 is 14.6 Å². The number of hydrogen-bond donors (Lipinski definition) is 2. The van der Waals surface area contributed by atoms with Crippen molar-refractivity contribution in [3.05, 3.63) is 77.0 Å². The minimum absolute atomic E-state index is 0.174. The first-order valence-electron chi connectivity index (χ1n) is 13.8. The van der Waals surface area contributed by atoms with Crippen LogP contribution >= 0.6 is 0 Å². The zero-order valence-corrected chi connectivity index (χ0v) is 23.5. The summed E-state index contributed by atoms with van der Waals surface area (Å²) in [7, 11) is 3.12. The predicted octanol–water partition coefficient (Wildman–Crippen LogP) is 4.15. The van der Waals surface area contributed by atoms with E-state index in [0.717, 1.165) is 23.1 Å². The first-order valence-corrected chi connectivity index (χ1v) is 13.8. The van der Waals surface area contributed by atoms with Crippen LogP contribution in [0.1, 0.15) is 47.4 Å². The number of aliphatic hydroxyl groups is 1. The molecule has 2 unspecified atom stereocenters. The Morgan fingerprint density at radius 3 is 2.43 bits per heavy atom. The van der Waals surface area contributed by atoms with Crippen LogP contribution in [0.2, 0.25) is 0 Å². The van der Waals surface area contributed by atoms with Crippen molar-refractivity contribution >= 4 is 22.7 Å². The number of nitrogens with zero attached hydrogens (tertiary/aromatic N) is 2. The number of halogens is 3. The molecule has 0 radical (unpaired) electrons. The Morgan fingerprint density at radius 2 is 1.79 bits per heavy atom. The van der Waals surface area contributed by atoms with E-state index in [0.29, 0.717) is 49.1 Å². The number of piperidine rings is 2. The summed E-state index contributed by atoms with van der Waals surface area (Å²) in [6.45, 7) is 1.61. The molecule has 2 aliphatic heterocycles. The van der Waals surface area contributed by atoms with E-state index in [9.17, 15) is 27.9 Å². The van der Waals surface area contributed by atoms with Crippen LogP contribution in [0.4, 0.5) is 13.2 Å². The van der Waals surface area contributed by atoms with E-state index in [1.807, 2.05) is 24.3 Å². The number of rotatable bonds is 8. The molecule has 2 amide bonds. The highest BCUT2D eigenvalue weighted by Crippen LogP contribution is 2.48. The van der Waals surface area contributed by atoms with Crippen LogP contribution in [0.25, 0.3) is 10.9 Å². The molecule has 0 bridgehead atoms. The summed E-state index contributed by atoms with van der Waals surface area (Å²) in [4.78, 5) is 30.7. The number of methoxy groups -OCH3 is 2. The maximum atomic E-state index is 13.0. The molecule has 3 aromatic rings. The second kappa shape index (κ2) is 11.7. The molecule has 0 spiro atoms. The molecule has 2 aromatic carbocycles. The number of hydrogen-bond acceptors (Lipinski definition) is 7. The lowest BCUT2D eigenvalue weighted by molar-refractivity contribution is -0.189. The quantitative estimate of drug-likeness (QED) is 0.383. The van der Waals surface area contributed by atoms with E-state index in [4.69, 9.17) is 9.47 Å². The molecule has 0 aliphatic carbocycles. The molecule has 2 aliphatic rings. The lowest BCUT2D eigenvalue weighted by atomic mass is 9.64. The molecule has 2 N–H and O–H groups in total. The Kier molecular flexibility index (Phi) is 8.39. The number of alkyl halides is 3. The Hall–Kier alpha value is -3.38. The Balaban J connectivity index is 1.45. The molecule has 11 heteroatoms. The van der Waals surface area contributed by atoms with Gasteiger partial charge in [0.25, 0.3) is 0 Å². The number of likely N-dealkylation sites (tertiary alicyclic amines) is 1. The summed E-state index contributed by atoms with van der Waals surface area (Å²) >= 11 is 0. The summed E-state index contributed by atoms with van der Waals surface area (Å²) in [6.07, 6.45) is -1.76. The summed E-state index contributed by atoms with van der Waals surface area (Å²) in [5.74, 6) is -1.12. The summed E-state index contributed by atoms with van der Waals surface area (Å²) in [5.41, 5.74) is -0.183. The third-order valence-electron chi connectivity index (χ3n) is 8.54. The fourth-order valence-electron chi connectivity index (χ4n) is 6.40. The topological polar surface area (TPSA) is 101 Å². The molecular formula is C31H34F3N3O5. The smallest absolute Gasteiger partial charge is 0.384 e. The maximum Gasteiger partial charge on any atom is 0.416 e. The predicted molar refractivity (Wildman–Crippen MR) is 148 cm³/mol. The van der Waals surface area contributed by atoms with Crippen LogP contribution in [0, 0.1) is 5.41 Å². The van der Waals surface area contributed by atoms with Gasteiger partial charge >= 0.3 is 6.18 Å². The number of imide groups is 1. The standard InChI is InChI=1S/C31H34F3N3O5/c1-41-18-29(19-42-2)17-37(16-20-3-5-23(6-4-20)31(32,33)34)12-11-30(29,40)24-7-9-26-21(14-24)13-22(15-35-26)25-8-10-27(38)36-28(25)39/h3-7,9,13-15,25,40H,8,10-12,16-19H2,1-2H3,(H,36,38,39). The number of carbonyl (C=O) groups excluding carboxylic acids is 2. The van der Waals surface area contributed by atoms with Gasteiger partial charge in [-0.2, -0.15) is 13.2 Å². The monoisotopic (exact) mass is 585 g/mol. The van der Waals surface area contributed by atoms with Crippen molar-refractivity contribution in [3.8, 4) is 0 Å². The van der Waals surface area contributed by atoms with Gasteiger partial charge in [0.1, 0.15) is 5.60 Å². The number of amides is 2. The number of carbonyl (C=O) groups is 2. The van der Waals surface area contributed by atoms with Crippen molar-refractivity contribution in [2.75, 3.05) is 40.5 Å². The molecule has 224 valence electrons. The molecule has 1 aromatic heterocycles. The molecule has 42 heavy (non-hydrogen) atoms. The molecule has 8 nitrogen and oxygen atoms in total. The van der Waals surface area contributed by atoms with Crippen LogP contribution < -0.4 is 5.32 Å². The fourth-order valence-corrected chi connectivity index (χ4v) is 6.40. The van der Waals surface area contributed by atoms with E-state index in [-0.39, 0.29) is 31.4 Å². The van der Waals surface area contributed by atoms with Gasteiger partial charge in [0.05, 0.1) is 35.6 Å². The van der Waals surface area contributed by atoms with Crippen LogP contribution in [0.5, 0.6) is 0 Å². The number of aromatic nitrogens is 1. The second-order valence-electron chi connectivity index (χ2n) is 11.3. The Labute approximate surface area is 241 Å². The van der Waals surface area contributed by atoms with Gasteiger partial charge in [0.2, 0.25) is 11.8 Å². The van der Waals surface area contributed by atoms with E-state index < -0.39 is 28.7 Å². The molecule has 0 saturated carbocycles. The van der Waals surface area contributed by atoms with Crippen molar-refractivity contribution in [3.63, 3.8) is 0 Å². The van der Waals surface area contributed by atoms with E-state index in [2.05, 4.69) is 15.2 Å². The number of ether oxygens (including phenoxy) is 2. The molecule has 3 heterocycles. The zero-order valence-electron chi connectivity index (χ0n) is 23.5. The maximum absolute atomic E-state index is 13.0. The fraction of sp³-hybridized carbons (Fsp3) is 0.452. The summed E-state index contributed by atoms with van der Waals surface area (Å²) < 4.78 is 50.4. The lowest BCUT2D eigenvalue weighted by Gasteiger charge is -2.53. The van der Waals surface area contributed by atoms with E-state index in [1.165, 1.54) is 12.1 Å². The van der Waals surface area contributed by atoms with Gasteiger partial charge in [-0.15, -0.1) is 0 Å². The third-order valence-corrected chi connectivity index (χ3v) is 8.54. The van der Waals surface area contributed by atoms with Crippen molar-refractivity contribution in [1.82, 2.24) is 15.2 Å². The normalized spacial score (nSPS) is 23.2. The molecule has 2 fully saturated rings. The minimum Gasteiger partial charge on any atom is -0.384 e. The van der Waals surface area contributed by atoms with Crippen LogP contribution in [0.15, 0.2) is 54.7 Å². The van der Waals surface area contributed by atoms with Gasteiger partial charge in [0, 0.05) is 51.9 Å². The highest BCUT2D eigenvalue weighted by Gasteiger charge is 2.55. The first-order chi connectivity index (χ1) is 20.0. The summed E-state index contributed by atoms with van der Waals surface area (Å²) in [5, 5.41) is 15.6. The third kappa shape index (κ3) is 5.78. The second-order valence-corrected chi connectivity index (χ2v) is 11.3. The highest BCUT2D eigenvalue weighted by atomic mass is 19.4. The molecule has 5 rings (SSSR count). The Morgan fingerprint density at radius 1 is 1.07 bits per heavy atom. The van der Waals surface area contributed by atoms with Crippen LogP contribution in [-0.4, -0.2) is 67.3 Å². The van der Waals surface area contributed by atoms with Crippen molar-refractivity contribution in [2.45, 2.75) is 43.5 Å². The number of benzene rings is 2. The van der Waals surface area contributed by atoms with Gasteiger partial charge in [-0.05, 0) is 59.9 Å². The lowest BCUT2D eigenvalue weighted by Crippen LogP contribution is -2.62. The van der Waals surface area contributed by atoms with E-state index in [1.54, 1.807) is 20.4 Å². The largest absolute Gasteiger partial charge is 0.416 e. The first kappa shape index (κ1) is 30.1. The van der Waals surface area contributed by atoms with Gasteiger partial charge in [-0.1, -0.05) is 18.2 Å². The van der Waals surface area contributed by atoms with Crippen molar-refractivity contribution in [1.29, 1.82) is 0 Å². The number of fused-ring (bicyclic) bond motifs is 1. The summed E-state index contributed by atoms with van der Waals surface area (Å²) in [6, 6.07) is 12.6. The van der Waals surface area contributed by atoms with Gasteiger partial charge in [-0.25, -0.2) is 0 Å². The molecule has 2 atom stereocenters. The van der Waals surface area contributed by atoms with Crippen molar-refractivity contribution < 1.29 is 37.3 Å². The van der Waals surface area contributed by atoms with Gasteiger partial charge in [-0.3, -0.25) is 24.8 Å². The number of nitrogens with one attached hydrogen (secondary N) is 1. The SMILES string of the molecule is COCC1(COC)CN(Cc2ccc(C(F)(F)F)cc2)CCC1(O)c1ccc2ncc(C3CCC(=O)NC3=O)cc2c1. The zero-order chi connectivity index (χ0) is 30.1. The van der Waals surface area contributed by atoms with Crippen LogP contribution in [-0.2, 0) is 37.4 Å². The molecule has 2 saturated heterocycles.